The molecule has 3 amide bonds. The highest BCUT2D eigenvalue weighted by Crippen LogP contribution is 2.26. The summed E-state index contributed by atoms with van der Waals surface area (Å²) in [4.78, 5) is 40.9. The lowest BCUT2D eigenvalue weighted by Gasteiger charge is -2.37. The Labute approximate surface area is 166 Å². The molecule has 1 aliphatic carbocycles. The molecule has 0 bridgehead atoms. The molecular weight excluding hydrogens is 354 g/mol. The monoisotopic (exact) mass is 383 g/mol. The van der Waals surface area contributed by atoms with E-state index in [1.165, 1.54) is 13.3 Å². The summed E-state index contributed by atoms with van der Waals surface area (Å²) in [6.07, 6.45) is 7.18. The van der Waals surface area contributed by atoms with Gasteiger partial charge in [0, 0.05) is 39.0 Å². The van der Waals surface area contributed by atoms with Crippen molar-refractivity contribution in [2.45, 2.75) is 39.0 Å². The van der Waals surface area contributed by atoms with Crippen LogP contribution in [-0.2, 0) is 14.4 Å². The van der Waals surface area contributed by atoms with Crippen molar-refractivity contribution in [3.63, 3.8) is 0 Å². The zero-order valence-corrected chi connectivity index (χ0v) is 16.5. The number of hydrogen-bond acceptors (Lipinski definition) is 3. The third-order valence-electron chi connectivity index (χ3n) is 5.48. The molecule has 1 heterocycles. The van der Waals surface area contributed by atoms with E-state index in [1.807, 2.05) is 35.2 Å². The van der Waals surface area contributed by atoms with Gasteiger partial charge < -0.3 is 15.1 Å². The van der Waals surface area contributed by atoms with E-state index >= 15 is 0 Å². The van der Waals surface area contributed by atoms with Crippen LogP contribution in [-0.4, -0.2) is 53.7 Å². The number of rotatable bonds is 4. The Bertz CT molecular complexity index is 731. The topological polar surface area (TPSA) is 69.7 Å². The van der Waals surface area contributed by atoms with Gasteiger partial charge in [-0.1, -0.05) is 49.6 Å². The van der Waals surface area contributed by atoms with Crippen LogP contribution in [0.15, 0.2) is 36.0 Å². The molecule has 1 aromatic carbocycles. The summed E-state index contributed by atoms with van der Waals surface area (Å²) in [6.45, 7) is 3.48. The van der Waals surface area contributed by atoms with E-state index in [1.54, 1.807) is 11.0 Å². The molecule has 1 aromatic rings. The summed E-state index contributed by atoms with van der Waals surface area (Å²) >= 11 is 0. The fourth-order valence-electron chi connectivity index (χ4n) is 3.96. The maximum absolute atomic E-state index is 13.0. The van der Waals surface area contributed by atoms with Crippen LogP contribution >= 0.6 is 0 Å². The minimum atomic E-state index is -0.276. The predicted molar refractivity (Wildman–Crippen MR) is 108 cm³/mol. The van der Waals surface area contributed by atoms with Gasteiger partial charge in [-0.3, -0.25) is 14.4 Å². The average molecular weight is 383 g/mol. The Balaban J connectivity index is 1.62. The smallest absolute Gasteiger partial charge is 0.270 e. The van der Waals surface area contributed by atoms with Crippen molar-refractivity contribution in [3.8, 4) is 0 Å². The zero-order valence-electron chi connectivity index (χ0n) is 16.5. The van der Waals surface area contributed by atoms with Crippen LogP contribution in [0, 0.1) is 5.92 Å². The van der Waals surface area contributed by atoms with Gasteiger partial charge in [0.05, 0.1) is 0 Å². The maximum Gasteiger partial charge on any atom is 0.270 e. The highest BCUT2D eigenvalue weighted by molar-refractivity contribution is 6.01. The van der Waals surface area contributed by atoms with Crippen molar-refractivity contribution in [1.29, 1.82) is 0 Å². The number of carbonyl (C=O) groups excluding carboxylic acids is 3. The molecule has 150 valence electrons. The van der Waals surface area contributed by atoms with Crippen molar-refractivity contribution < 1.29 is 14.4 Å². The average Bonchev–Trinajstić information content (AvgIpc) is 2.73. The largest absolute Gasteiger partial charge is 0.339 e. The first-order valence-corrected chi connectivity index (χ1v) is 10.2. The minimum absolute atomic E-state index is 0.156. The number of carbonyl (C=O) groups is 3. The fourth-order valence-corrected chi connectivity index (χ4v) is 3.96. The number of nitrogens with one attached hydrogen (secondary N) is 1. The van der Waals surface area contributed by atoms with Crippen molar-refractivity contribution in [2.24, 2.45) is 5.92 Å². The molecule has 1 saturated heterocycles. The predicted octanol–water partition coefficient (Wildman–Crippen LogP) is 2.41. The molecule has 1 saturated carbocycles. The van der Waals surface area contributed by atoms with E-state index in [2.05, 4.69) is 5.32 Å². The van der Waals surface area contributed by atoms with Crippen LogP contribution in [0.4, 0.5) is 0 Å². The van der Waals surface area contributed by atoms with Gasteiger partial charge in [-0.2, -0.15) is 0 Å². The molecule has 2 aliphatic rings. The lowest BCUT2D eigenvalue weighted by atomic mass is 9.88. The van der Waals surface area contributed by atoms with Crippen LogP contribution in [0.3, 0.4) is 0 Å². The molecule has 0 aromatic heterocycles. The highest BCUT2D eigenvalue weighted by Gasteiger charge is 2.30. The van der Waals surface area contributed by atoms with Gasteiger partial charge in [0.15, 0.2) is 0 Å². The Morgan fingerprint density at radius 2 is 1.54 bits per heavy atom. The molecule has 6 heteroatoms. The van der Waals surface area contributed by atoms with Crippen molar-refractivity contribution >= 4 is 23.8 Å². The van der Waals surface area contributed by atoms with E-state index in [-0.39, 0.29) is 29.3 Å². The van der Waals surface area contributed by atoms with Gasteiger partial charge in [-0.15, -0.1) is 0 Å². The Kier molecular flexibility index (Phi) is 6.85. The molecular formula is C22H29N3O3. The second-order valence-electron chi connectivity index (χ2n) is 7.60. The van der Waals surface area contributed by atoms with Crippen LogP contribution in [0.25, 0.3) is 6.08 Å². The molecule has 0 radical (unpaired) electrons. The second kappa shape index (κ2) is 9.53. The first kappa shape index (κ1) is 20.1. The molecule has 1 aliphatic heterocycles. The highest BCUT2D eigenvalue weighted by atomic mass is 16.2. The zero-order chi connectivity index (χ0) is 19.9. The van der Waals surface area contributed by atoms with Gasteiger partial charge in [0.1, 0.15) is 5.70 Å². The molecule has 0 unspecified atom stereocenters. The number of piperazine rings is 1. The van der Waals surface area contributed by atoms with Crippen LogP contribution in [0.2, 0.25) is 0 Å². The van der Waals surface area contributed by atoms with Gasteiger partial charge in [0.2, 0.25) is 11.8 Å². The quantitative estimate of drug-likeness (QED) is 0.812. The summed E-state index contributed by atoms with van der Waals surface area (Å²) in [5.74, 6) is -0.0805. The summed E-state index contributed by atoms with van der Waals surface area (Å²) in [5.41, 5.74) is 1.12. The van der Waals surface area contributed by atoms with Crippen molar-refractivity contribution in [1.82, 2.24) is 15.1 Å². The molecule has 6 nitrogen and oxygen atoms in total. The SMILES string of the molecule is CC(=O)N/C(=C/c1ccccc1)C(=O)N1CCN(C(=O)C2CCCCC2)CC1. The van der Waals surface area contributed by atoms with Crippen molar-refractivity contribution in [3.05, 3.63) is 41.6 Å². The second-order valence-corrected chi connectivity index (χ2v) is 7.60. The van der Waals surface area contributed by atoms with Gasteiger partial charge in [-0.25, -0.2) is 0 Å². The Morgan fingerprint density at radius 3 is 2.14 bits per heavy atom. The Morgan fingerprint density at radius 1 is 0.929 bits per heavy atom. The molecule has 3 rings (SSSR count). The van der Waals surface area contributed by atoms with E-state index in [9.17, 15) is 14.4 Å². The third-order valence-corrected chi connectivity index (χ3v) is 5.48. The van der Waals surface area contributed by atoms with Crippen molar-refractivity contribution in [2.75, 3.05) is 26.2 Å². The normalized spacial score (nSPS) is 18.7. The molecule has 28 heavy (non-hydrogen) atoms. The summed E-state index contributed by atoms with van der Waals surface area (Å²) in [5, 5.41) is 2.66. The fraction of sp³-hybridized carbons (Fsp3) is 0.500. The summed E-state index contributed by atoms with van der Waals surface area (Å²) < 4.78 is 0. The van der Waals surface area contributed by atoms with E-state index in [0.29, 0.717) is 26.2 Å². The minimum Gasteiger partial charge on any atom is -0.339 e. The lowest BCUT2D eigenvalue weighted by Crippen LogP contribution is -2.53. The van der Waals surface area contributed by atoms with Gasteiger partial charge >= 0.3 is 0 Å². The summed E-state index contributed by atoms with van der Waals surface area (Å²) in [6, 6.07) is 9.44. The first-order valence-electron chi connectivity index (χ1n) is 10.2. The number of nitrogens with zero attached hydrogens (tertiary/aromatic N) is 2. The number of benzene rings is 1. The molecule has 1 N–H and O–H groups in total. The lowest BCUT2D eigenvalue weighted by molar-refractivity contribution is -0.141. The van der Waals surface area contributed by atoms with Crippen LogP contribution in [0.1, 0.15) is 44.6 Å². The van der Waals surface area contributed by atoms with Crippen LogP contribution < -0.4 is 5.32 Å². The van der Waals surface area contributed by atoms with Gasteiger partial charge in [-0.05, 0) is 24.5 Å². The maximum atomic E-state index is 13.0. The molecule has 0 atom stereocenters. The van der Waals surface area contributed by atoms with Crippen LogP contribution in [0.5, 0.6) is 0 Å². The first-order chi connectivity index (χ1) is 13.5. The van der Waals surface area contributed by atoms with Gasteiger partial charge in [0.25, 0.3) is 5.91 Å². The molecule has 2 fully saturated rings. The summed E-state index contributed by atoms with van der Waals surface area (Å²) in [7, 11) is 0. The number of hydrogen-bond donors (Lipinski definition) is 1. The third kappa shape index (κ3) is 5.21. The standard InChI is InChI=1S/C22H29N3O3/c1-17(26)23-20(16-18-8-4-2-5-9-18)22(28)25-14-12-24(13-15-25)21(27)19-10-6-3-7-11-19/h2,4-5,8-9,16,19H,3,6-7,10-15H2,1H3,(H,23,26)/b20-16+. The molecule has 0 spiro atoms. The Hall–Kier alpha value is -2.63. The van der Waals surface area contributed by atoms with E-state index in [4.69, 9.17) is 0 Å². The van der Waals surface area contributed by atoms with E-state index in [0.717, 1.165) is 31.2 Å². The number of amides is 3. The van der Waals surface area contributed by atoms with E-state index < -0.39 is 0 Å².